The SMILES string of the molecule is CCCCCCn1c(COc2ccccc2F)nnc1SCc1ccc(Br)cc1. The quantitative estimate of drug-likeness (QED) is 0.229. The van der Waals surface area contributed by atoms with E-state index in [9.17, 15) is 4.39 Å². The number of thioether (sulfide) groups is 1. The van der Waals surface area contributed by atoms with Gasteiger partial charge in [-0.1, -0.05) is 78.1 Å². The number of benzene rings is 2. The highest BCUT2D eigenvalue weighted by molar-refractivity contribution is 9.10. The zero-order valence-electron chi connectivity index (χ0n) is 16.5. The van der Waals surface area contributed by atoms with Gasteiger partial charge in [0.25, 0.3) is 0 Å². The fourth-order valence-corrected chi connectivity index (χ4v) is 4.09. The third kappa shape index (κ3) is 6.57. The lowest BCUT2D eigenvalue weighted by Crippen LogP contribution is -2.09. The molecule has 1 aromatic heterocycles. The molecule has 154 valence electrons. The standard InChI is InChI=1S/C22H25BrFN3OS/c1-2-3-4-7-14-27-21(15-28-20-9-6-5-8-19(20)24)25-26-22(27)29-16-17-10-12-18(23)13-11-17/h5-6,8-13H,2-4,7,14-16H2,1H3. The van der Waals surface area contributed by atoms with Crippen molar-refractivity contribution in [3.05, 3.63) is 70.2 Å². The topological polar surface area (TPSA) is 39.9 Å². The second-order valence-electron chi connectivity index (χ2n) is 6.75. The molecular formula is C22H25BrFN3OS. The summed E-state index contributed by atoms with van der Waals surface area (Å²) in [6.45, 7) is 3.23. The van der Waals surface area contributed by atoms with E-state index in [1.54, 1.807) is 30.0 Å². The molecule has 0 atom stereocenters. The summed E-state index contributed by atoms with van der Waals surface area (Å²) in [7, 11) is 0. The van der Waals surface area contributed by atoms with Crippen molar-refractivity contribution in [3.63, 3.8) is 0 Å². The van der Waals surface area contributed by atoms with Crippen LogP contribution in [0.2, 0.25) is 0 Å². The van der Waals surface area contributed by atoms with E-state index >= 15 is 0 Å². The van der Waals surface area contributed by atoms with Gasteiger partial charge in [0.2, 0.25) is 0 Å². The van der Waals surface area contributed by atoms with Crippen molar-refractivity contribution in [3.8, 4) is 5.75 Å². The number of nitrogens with zero attached hydrogens (tertiary/aromatic N) is 3. The lowest BCUT2D eigenvalue weighted by molar-refractivity contribution is 0.273. The first-order chi connectivity index (χ1) is 14.2. The Kier molecular flexibility index (Phi) is 8.55. The molecule has 0 N–H and O–H groups in total. The van der Waals surface area contributed by atoms with Gasteiger partial charge in [-0.05, 0) is 36.2 Å². The van der Waals surface area contributed by atoms with E-state index in [2.05, 4.69) is 49.8 Å². The lowest BCUT2D eigenvalue weighted by atomic mass is 10.2. The van der Waals surface area contributed by atoms with Crippen LogP contribution in [-0.2, 0) is 18.9 Å². The van der Waals surface area contributed by atoms with Gasteiger partial charge in [0.05, 0.1) is 0 Å². The predicted molar refractivity (Wildman–Crippen MR) is 119 cm³/mol. The van der Waals surface area contributed by atoms with Gasteiger partial charge in [0.1, 0.15) is 6.61 Å². The molecule has 0 saturated heterocycles. The third-order valence-corrected chi connectivity index (χ3v) is 6.07. The van der Waals surface area contributed by atoms with Crippen molar-refractivity contribution in [2.75, 3.05) is 0 Å². The minimum atomic E-state index is -0.369. The summed E-state index contributed by atoms with van der Waals surface area (Å²) >= 11 is 5.13. The van der Waals surface area contributed by atoms with E-state index in [0.29, 0.717) is 0 Å². The molecular weight excluding hydrogens is 453 g/mol. The van der Waals surface area contributed by atoms with Crippen LogP contribution in [-0.4, -0.2) is 14.8 Å². The van der Waals surface area contributed by atoms with Crippen molar-refractivity contribution < 1.29 is 9.13 Å². The molecule has 0 unspecified atom stereocenters. The molecule has 2 aromatic carbocycles. The molecule has 0 aliphatic heterocycles. The third-order valence-electron chi connectivity index (χ3n) is 4.50. The molecule has 0 radical (unpaired) electrons. The summed E-state index contributed by atoms with van der Waals surface area (Å²) in [5, 5.41) is 9.57. The van der Waals surface area contributed by atoms with Gasteiger partial charge in [0, 0.05) is 16.8 Å². The molecule has 0 saturated carbocycles. The number of unbranched alkanes of at least 4 members (excludes halogenated alkanes) is 3. The Labute approximate surface area is 184 Å². The van der Waals surface area contributed by atoms with Crippen LogP contribution in [0.15, 0.2) is 58.2 Å². The van der Waals surface area contributed by atoms with Crippen molar-refractivity contribution in [1.29, 1.82) is 0 Å². The first-order valence-electron chi connectivity index (χ1n) is 9.84. The first-order valence-corrected chi connectivity index (χ1v) is 11.6. The minimum Gasteiger partial charge on any atom is -0.483 e. The van der Waals surface area contributed by atoms with Crippen molar-refractivity contribution in [2.45, 2.75) is 56.7 Å². The summed E-state index contributed by atoms with van der Waals surface area (Å²) in [6, 6.07) is 14.7. The van der Waals surface area contributed by atoms with Crippen LogP contribution in [0, 0.1) is 5.82 Å². The molecule has 0 amide bonds. The summed E-state index contributed by atoms with van der Waals surface area (Å²) < 4.78 is 22.7. The van der Waals surface area contributed by atoms with E-state index in [1.807, 2.05) is 12.1 Å². The molecule has 3 aromatic rings. The van der Waals surface area contributed by atoms with Crippen LogP contribution < -0.4 is 4.74 Å². The van der Waals surface area contributed by atoms with Gasteiger partial charge < -0.3 is 9.30 Å². The van der Waals surface area contributed by atoms with Crippen LogP contribution in [0.5, 0.6) is 5.75 Å². The fraction of sp³-hybridized carbons (Fsp3) is 0.364. The highest BCUT2D eigenvalue weighted by atomic mass is 79.9. The second kappa shape index (κ2) is 11.4. The molecule has 0 aliphatic carbocycles. The number of halogens is 2. The second-order valence-corrected chi connectivity index (χ2v) is 8.60. The number of rotatable bonds is 11. The number of para-hydroxylation sites is 1. The number of hydrogen-bond donors (Lipinski definition) is 0. The molecule has 4 nitrogen and oxygen atoms in total. The van der Waals surface area contributed by atoms with E-state index in [1.165, 1.54) is 30.9 Å². The molecule has 0 aliphatic rings. The molecule has 1 heterocycles. The Balaban J connectivity index is 1.69. The van der Waals surface area contributed by atoms with Gasteiger partial charge in [-0.15, -0.1) is 10.2 Å². The maximum absolute atomic E-state index is 13.8. The molecule has 0 bridgehead atoms. The van der Waals surface area contributed by atoms with Crippen molar-refractivity contribution in [1.82, 2.24) is 14.8 Å². The largest absolute Gasteiger partial charge is 0.483 e. The lowest BCUT2D eigenvalue weighted by Gasteiger charge is -2.11. The van der Waals surface area contributed by atoms with E-state index < -0.39 is 0 Å². The van der Waals surface area contributed by atoms with E-state index in [0.717, 1.165) is 34.2 Å². The fourth-order valence-electron chi connectivity index (χ4n) is 2.89. The van der Waals surface area contributed by atoms with Crippen LogP contribution in [0.1, 0.15) is 44.0 Å². The van der Waals surface area contributed by atoms with Gasteiger partial charge >= 0.3 is 0 Å². The minimum absolute atomic E-state index is 0.195. The Morgan fingerprint density at radius 3 is 2.59 bits per heavy atom. The summed E-state index contributed by atoms with van der Waals surface area (Å²) in [5.74, 6) is 1.40. The Morgan fingerprint density at radius 1 is 1.03 bits per heavy atom. The summed E-state index contributed by atoms with van der Waals surface area (Å²) in [6.07, 6.45) is 4.63. The predicted octanol–water partition coefficient (Wildman–Crippen LogP) is 6.63. The Morgan fingerprint density at radius 2 is 1.83 bits per heavy atom. The maximum Gasteiger partial charge on any atom is 0.191 e. The van der Waals surface area contributed by atoms with Crippen LogP contribution >= 0.6 is 27.7 Å². The molecule has 29 heavy (non-hydrogen) atoms. The van der Waals surface area contributed by atoms with Gasteiger partial charge in [0.15, 0.2) is 22.5 Å². The highest BCUT2D eigenvalue weighted by Gasteiger charge is 2.14. The summed E-state index contributed by atoms with van der Waals surface area (Å²) in [5.41, 5.74) is 1.22. The van der Waals surface area contributed by atoms with Crippen LogP contribution in [0.4, 0.5) is 4.39 Å². The van der Waals surface area contributed by atoms with Crippen molar-refractivity contribution >= 4 is 27.7 Å². The molecule has 3 rings (SSSR count). The molecule has 7 heteroatoms. The highest BCUT2D eigenvalue weighted by Crippen LogP contribution is 2.25. The Hall–Kier alpha value is -1.86. The average molecular weight is 478 g/mol. The summed E-state index contributed by atoms with van der Waals surface area (Å²) in [4.78, 5) is 0. The zero-order chi connectivity index (χ0) is 20.5. The van der Waals surface area contributed by atoms with Gasteiger partial charge in [-0.3, -0.25) is 0 Å². The normalized spacial score (nSPS) is 11.0. The zero-order valence-corrected chi connectivity index (χ0v) is 18.9. The Bertz CT molecular complexity index is 901. The number of ether oxygens (including phenoxy) is 1. The number of aromatic nitrogens is 3. The van der Waals surface area contributed by atoms with Gasteiger partial charge in [-0.25, -0.2) is 4.39 Å². The van der Waals surface area contributed by atoms with E-state index in [4.69, 9.17) is 4.74 Å². The van der Waals surface area contributed by atoms with E-state index in [-0.39, 0.29) is 18.2 Å². The van der Waals surface area contributed by atoms with Crippen LogP contribution in [0.3, 0.4) is 0 Å². The average Bonchev–Trinajstić information content (AvgIpc) is 3.12. The monoisotopic (exact) mass is 477 g/mol. The molecule has 0 spiro atoms. The maximum atomic E-state index is 13.8. The van der Waals surface area contributed by atoms with Gasteiger partial charge in [-0.2, -0.15) is 0 Å². The smallest absolute Gasteiger partial charge is 0.191 e. The molecule has 0 fully saturated rings. The number of hydrogen-bond acceptors (Lipinski definition) is 4. The van der Waals surface area contributed by atoms with Crippen molar-refractivity contribution in [2.24, 2.45) is 0 Å². The first kappa shape index (κ1) is 21.8. The van der Waals surface area contributed by atoms with Crippen LogP contribution in [0.25, 0.3) is 0 Å².